The van der Waals surface area contributed by atoms with Gasteiger partial charge in [-0.15, -0.1) is 0 Å². The molecule has 1 saturated heterocycles. The molecule has 5 unspecified atom stereocenters. The molecule has 0 spiro atoms. The van der Waals surface area contributed by atoms with E-state index in [-0.39, 0.29) is 5.56 Å². The second kappa shape index (κ2) is 8.10. The maximum atomic E-state index is 12.9. The molecule has 12 heteroatoms. The first-order valence-corrected chi connectivity index (χ1v) is 9.64. The number of ether oxygens (including phenoxy) is 1. The quantitative estimate of drug-likeness (QED) is 0.224. The Bertz CT molecular complexity index is 1280. The summed E-state index contributed by atoms with van der Waals surface area (Å²) in [6.45, 7) is -0.763. The van der Waals surface area contributed by atoms with Crippen molar-refractivity contribution in [2.45, 2.75) is 30.5 Å². The fourth-order valence-electron chi connectivity index (χ4n) is 3.82. The van der Waals surface area contributed by atoms with Crippen LogP contribution in [0.25, 0.3) is 22.3 Å². The Kier molecular flexibility index (Phi) is 5.56. The Morgan fingerprint density at radius 1 is 0.818 bits per heavy atom. The topological polar surface area (TPSA) is 222 Å². The summed E-state index contributed by atoms with van der Waals surface area (Å²) in [7, 11) is 0. The SMILES string of the molecule is O=c1c(O)c(-c2ccc(O)c(O)c2)oc2c(C3OC(CO)C(O)C(O)C3O)c(O)cc(O)c12. The van der Waals surface area contributed by atoms with Gasteiger partial charge in [0.1, 0.15) is 47.4 Å². The molecule has 9 N–H and O–H groups in total. The number of aliphatic hydroxyl groups is 4. The molecule has 0 radical (unpaired) electrons. The molecule has 1 aliphatic rings. The summed E-state index contributed by atoms with van der Waals surface area (Å²) in [5.74, 6) is -4.06. The van der Waals surface area contributed by atoms with Crippen molar-refractivity contribution >= 4 is 11.0 Å². The average Bonchev–Trinajstić information content (AvgIpc) is 2.77. The first-order valence-electron chi connectivity index (χ1n) is 9.64. The summed E-state index contributed by atoms with van der Waals surface area (Å²) in [5.41, 5.74) is -2.16. The fraction of sp³-hybridized carbons (Fsp3) is 0.286. The van der Waals surface area contributed by atoms with Crippen LogP contribution in [0.3, 0.4) is 0 Å². The molecule has 12 nitrogen and oxygen atoms in total. The first kappa shape index (κ1) is 22.6. The zero-order chi connectivity index (χ0) is 24.2. The highest BCUT2D eigenvalue weighted by Gasteiger charge is 2.46. The summed E-state index contributed by atoms with van der Waals surface area (Å²) >= 11 is 0. The monoisotopic (exact) mass is 464 g/mol. The van der Waals surface area contributed by atoms with E-state index in [0.29, 0.717) is 0 Å². The lowest BCUT2D eigenvalue weighted by Crippen LogP contribution is -2.55. The molecule has 3 aromatic rings. The van der Waals surface area contributed by atoms with Gasteiger partial charge < -0.3 is 55.1 Å². The smallest absolute Gasteiger partial charge is 0.238 e. The molecule has 1 fully saturated rings. The second-order valence-electron chi connectivity index (χ2n) is 7.59. The lowest BCUT2D eigenvalue weighted by Gasteiger charge is -2.40. The average molecular weight is 464 g/mol. The van der Waals surface area contributed by atoms with E-state index in [9.17, 15) is 50.8 Å². The van der Waals surface area contributed by atoms with Crippen molar-refractivity contribution in [2.24, 2.45) is 0 Å². The van der Waals surface area contributed by atoms with Gasteiger partial charge in [-0.2, -0.15) is 0 Å². The zero-order valence-electron chi connectivity index (χ0n) is 16.7. The summed E-state index contributed by atoms with van der Waals surface area (Å²) in [4.78, 5) is 12.9. The molecule has 0 amide bonds. The molecule has 0 aliphatic carbocycles. The third-order valence-corrected chi connectivity index (χ3v) is 5.55. The number of hydrogen-bond donors (Lipinski definition) is 9. The lowest BCUT2D eigenvalue weighted by molar-refractivity contribution is -0.231. The predicted molar refractivity (Wildman–Crippen MR) is 109 cm³/mol. The van der Waals surface area contributed by atoms with Crippen molar-refractivity contribution < 1.29 is 55.1 Å². The van der Waals surface area contributed by atoms with Crippen LogP contribution in [0.5, 0.6) is 28.7 Å². The molecule has 2 heterocycles. The Balaban J connectivity index is 2.02. The standard InChI is InChI=1S/C21H20O12/c22-5-11-14(27)16(29)18(31)21(32-11)13-10(26)4-9(25)12-15(28)17(30)19(33-20(12)13)6-1-2-7(23)8(24)3-6/h1-4,11,14,16,18,21-27,29-31H,5H2. The minimum absolute atomic E-state index is 0.0654. The second-order valence-corrected chi connectivity index (χ2v) is 7.59. The normalized spacial score (nSPS) is 25.4. The van der Waals surface area contributed by atoms with Gasteiger partial charge >= 0.3 is 0 Å². The van der Waals surface area contributed by atoms with Gasteiger partial charge in [0.15, 0.2) is 22.8 Å². The van der Waals surface area contributed by atoms with E-state index in [0.717, 1.165) is 18.2 Å². The summed E-state index contributed by atoms with van der Waals surface area (Å²) in [5, 5.41) is 89.9. The van der Waals surface area contributed by atoms with Crippen LogP contribution in [0.1, 0.15) is 11.7 Å². The number of fused-ring (bicyclic) bond motifs is 1. The molecule has 5 atom stereocenters. The van der Waals surface area contributed by atoms with Crippen LogP contribution in [0.4, 0.5) is 0 Å². The summed E-state index contributed by atoms with van der Waals surface area (Å²) < 4.78 is 11.1. The number of hydrogen-bond acceptors (Lipinski definition) is 12. The fourth-order valence-corrected chi connectivity index (χ4v) is 3.82. The third-order valence-electron chi connectivity index (χ3n) is 5.55. The Hall–Kier alpha value is -3.55. The molecule has 176 valence electrons. The lowest BCUT2D eigenvalue weighted by atomic mass is 9.89. The number of benzene rings is 2. The van der Waals surface area contributed by atoms with E-state index in [1.807, 2.05) is 0 Å². The largest absolute Gasteiger partial charge is 0.507 e. The third kappa shape index (κ3) is 3.50. The minimum atomic E-state index is -1.86. The van der Waals surface area contributed by atoms with Gasteiger partial charge in [-0.1, -0.05) is 0 Å². The molecule has 0 saturated carbocycles. The van der Waals surface area contributed by atoms with E-state index in [1.165, 1.54) is 6.07 Å². The van der Waals surface area contributed by atoms with Gasteiger partial charge in [0, 0.05) is 11.6 Å². The Labute approximate surface area is 184 Å². The highest BCUT2D eigenvalue weighted by Crippen LogP contribution is 2.45. The zero-order valence-corrected chi connectivity index (χ0v) is 16.7. The van der Waals surface area contributed by atoms with Gasteiger partial charge in [0.2, 0.25) is 11.2 Å². The summed E-state index contributed by atoms with van der Waals surface area (Å²) in [6, 6.07) is 3.98. The maximum Gasteiger partial charge on any atom is 0.238 e. The molecular formula is C21H20O12. The van der Waals surface area contributed by atoms with E-state index < -0.39 is 93.6 Å². The van der Waals surface area contributed by atoms with E-state index >= 15 is 0 Å². The van der Waals surface area contributed by atoms with Crippen LogP contribution in [-0.4, -0.2) is 77.0 Å². The van der Waals surface area contributed by atoms with Crippen molar-refractivity contribution in [3.05, 3.63) is 40.1 Å². The maximum absolute atomic E-state index is 12.9. The number of rotatable bonds is 3. The van der Waals surface area contributed by atoms with Crippen LogP contribution < -0.4 is 5.43 Å². The minimum Gasteiger partial charge on any atom is -0.507 e. The molecule has 0 bridgehead atoms. The molecular weight excluding hydrogens is 444 g/mol. The number of aromatic hydroxyl groups is 5. The van der Waals surface area contributed by atoms with Crippen molar-refractivity contribution in [1.82, 2.24) is 0 Å². The van der Waals surface area contributed by atoms with Crippen LogP contribution in [0, 0.1) is 0 Å². The van der Waals surface area contributed by atoms with Crippen molar-refractivity contribution in [3.8, 4) is 40.1 Å². The van der Waals surface area contributed by atoms with Crippen LogP contribution in [-0.2, 0) is 4.74 Å². The van der Waals surface area contributed by atoms with Crippen LogP contribution in [0.2, 0.25) is 0 Å². The van der Waals surface area contributed by atoms with Crippen molar-refractivity contribution in [2.75, 3.05) is 6.61 Å². The summed E-state index contributed by atoms with van der Waals surface area (Å²) in [6.07, 6.45) is -8.37. The first-order chi connectivity index (χ1) is 15.6. The molecule has 2 aromatic carbocycles. The van der Waals surface area contributed by atoms with Gasteiger partial charge in [-0.25, -0.2) is 0 Å². The molecule has 1 aromatic heterocycles. The Morgan fingerprint density at radius 2 is 1.52 bits per heavy atom. The highest BCUT2D eigenvalue weighted by atomic mass is 16.5. The number of phenolic OH excluding ortho intramolecular Hbond substituents is 4. The van der Waals surface area contributed by atoms with E-state index in [4.69, 9.17) is 9.15 Å². The molecule has 1 aliphatic heterocycles. The van der Waals surface area contributed by atoms with Crippen LogP contribution >= 0.6 is 0 Å². The van der Waals surface area contributed by atoms with Gasteiger partial charge in [-0.05, 0) is 18.2 Å². The van der Waals surface area contributed by atoms with Crippen molar-refractivity contribution in [1.29, 1.82) is 0 Å². The van der Waals surface area contributed by atoms with E-state index in [1.54, 1.807) is 0 Å². The molecule has 33 heavy (non-hydrogen) atoms. The van der Waals surface area contributed by atoms with Gasteiger partial charge in [0.25, 0.3) is 0 Å². The van der Waals surface area contributed by atoms with Gasteiger partial charge in [0.05, 0.1) is 12.2 Å². The number of phenols is 4. The van der Waals surface area contributed by atoms with Gasteiger partial charge in [-0.3, -0.25) is 4.79 Å². The van der Waals surface area contributed by atoms with Crippen LogP contribution in [0.15, 0.2) is 33.5 Å². The molecule has 4 rings (SSSR count). The van der Waals surface area contributed by atoms with E-state index in [2.05, 4.69) is 0 Å². The predicted octanol–water partition coefficient (Wildman–Crippen LogP) is -0.497. The highest BCUT2D eigenvalue weighted by molar-refractivity contribution is 5.91. The Morgan fingerprint density at radius 3 is 2.15 bits per heavy atom. The number of aliphatic hydroxyl groups excluding tert-OH is 4. The van der Waals surface area contributed by atoms with Crippen molar-refractivity contribution in [3.63, 3.8) is 0 Å².